The molecule has 0 aliphatic heterocycles. The van der Waals surface area contributed by atoms with Gasteiger partial charge in [0, 0.05) is 19.2 Å². The molecule has 2 N–H and O–H groups in total. The average molecular weight is 419 g/mol. The molecule has 0 fully saturated rings. The van der Waals surface area contributed by atoms with E-state index in [0.717, 1.165) is 38.9 Å². The summed E-state index contributed by atoms with van der Waals surface area (Å²) in [6.07, 6.45) is 2.28. The molecule has 0 atom stereocenters. The molecule has 0 saturated carbocycles. The number of anilines is 1. The van der Waals surface area contributed by atoms with Crippen molar-refractivity contribution in [2.24, 2.45) is 7.05 Å². The van der Waals surface area contributed by atoms with Crippen molar-refractivity contribution in [3.63, 3.8) is 0 Å². The van der Waals surface area contributed by atoms with Gasteiger partial charge >= 0.3 is 0 Å². The van der Waals surface area contributed by atoms with Crippen molar-refractivity contribution in [1.82, 2.24) is 15.1 Å². The molecular formula is C25H30N4O2. The van der Waals surface area contributed by atoms with E-state index in [2.05, 4.69) is 15.7 Å². The Labute approximate surface area is 183 Å². The Bertz CT molecular complexity index is 1110. The fraction of sp³-hybridized carbons (Fsp3) is 0.320. The lowest BCUT2D eigenvalue weighted by atomic mass is 10.0. The van der Waals surface area contributed by atoms with Crippen LogP contribution in [-0.2, 0) is 36.0 Å². The van der Waals surface area contributed by atoms with Crippen LogP contribution < -0.4 is 10.6 Å². The Hall–Kier alpha value is -3.41. The summed E-state index contributed by atoms with van der Waals surface area (Å²) in [4.78, 5) is 25.1. The second-order valence-corrected chi connectivity index (χ2v) is 8.18. The lowest BCUT2D eigenvalue weighted by Gasteiger charge is -2.12. The van der Waals surface area contributed by atoms with Crippen LogP contribution in [0.15, 0.2) is 42.6 Å². The SMILES string of the molecule is Cc1ccc(C)c(CC(=O)NCc2cnn(C)c2NC(=O)Cc2cc(C)ccc2C)c1. The van der Waals surface area contributed by atoms with Crippen LogP contribution in [0.4, 0.5) is 5.82 Å². The van der Waals surface area contributed by atoms with Crippen LogP contribution in [0.25, 0.3) is 0 Å². The Morgan fingerprint density at radius 3 is 1.97 bits per heavy atom. The quantitative estimate of drug-likeness (QED) is 0.614. The van der Waals surface area contributed by atoms with Crippen LogP contribution in [0.1, 0.15) is 38.9 Å². The third-order valence-electron chi connectivity index (χ3n) is 5.46. The average Bonchev–Trinajstić information content (AvgIpc) is 3.05. The number of hydrogen-bond donors (Lipinski definition) is 2. The molecule has 0 bridgehead atoms. The summed E-state index contributed by atoms with van der Waals surface area (Å²) >= 11 is 0. The van der Waals surface area contributed by atoms with Gasteiger partial charge in [0.15, 0.2) is 0 Å². The van der Waals surface area contributed by atoms with Crippen LogP contribution in [0, 0.1) is 27.7 Å². The van der Waals surface area contributed by atoms with E-state index in [1.54, 1.807) is 17.9 Å². The minimum Gasteiger partial charge on any atom is -0.352 e. The summed E-state index contributed by atoms with van der Waals surface area (Å²) in [5.41, 5.74) is 7.24. The fourth-order valence-electron chi connectivity index (χ4n) is 3.53. The fourth-order valence-corrected chi connectivity index (χ4v) is 3.53. The first kappa shape index (κ1) is 22.3. The zero-order chi connectivity index (χ0) is 22.5. The van der Waals surface area contributed by atoms with E-state index in [1.165, 1.54) is 0 Å². The van der Waals surface area contributed by atoms with Crippen molar-refractivity contribution in [3.05, 3.63) is 81.5 Å². The van der Waals surface area contributed by atoms with Crippen LogP contribution in [-0.4, -0.2) is 21.6 Å². The molecule has 1 heterocycles. The summed E-state index contributed by atoms with van der Waals surface area (Å²) in [6.45, 7) is 8.34. The standard InChI is InChI=1S/C25H30N4O2/c1-16-6-8-18(3)20(10-16)12-23(30)26-14-22-15-27-29(5)25(22)28-24(31)13-21-11-17(2)7-9-19(21)4/h6-11,15H,12-14H2,1-5H3,(H,26,30)(H,28,31). The summed E-state index contributed by atoms with van der Waals surface area (Å²) in [7, 11) is 1.77. The number of carbonyl (C=O) groups excluding carboxylic acids is 2. The molecule has 6 heteroatoms. The highest BCUT2D eigenvalue weighted by atomic mass is 16.2. The van der Waals surface area contributed by atoms with Gasteiger partial charge in [-0.05, 0) is 49.9 Å². The zero-order valence-electron chi connectivity index (χ0n) is 18.9. The summed E-state index contributed by atoms with van der Waals surface area (Å²) in [6, 6.07) is 12.2. The smallest absolute Gasteiger partial charge is 0.229 e. The van der Waals surface area contributed by atoms with Gasteiger partial charge < -0.3 is 10.6 Å². The predicted octanol–water partition coefficient (Wildman–Crippen LogP) is 3.69. The maximum atomic E-state index is 12.7. The molecule has 3 aromatic rings. The van der Waals surface area contributed by atoms with Gasteiger partial charge in [-0.2, -0.15) is 5.10 Å². The molecule has 3 rings (SSSR count). The molecule has 0 saturated heterocycles. The van der Waals surface area contributed by atoms with Crippen LogP contribution in [0.5, 0.6) is 0 Å². The van der Waals surface area contributed by atoms with Gasteiger partial charge in [-0.25, -0.2) is 0 Å². The van der Waals surface area contributed by atoms with E-state index < -0.39 is 0 Å². The molecule has 0 radical (unpaired) electrons. The van der Waals surface area contributed by atoms with Crippen molar-refractivity contribution in [2.75, 3.05) is 5.32 Å². The molecule has 1 aromatic heterocycles. The van der Waals surface area contributed by atoms with Gasteiger partial charge in [0.25, 0.3) is 0 Å². The number of nitrogens with one attached hydrogen (secondary N) is 2. The third-order valence-corrected chi connectivity index (χ3v) is 5.46. The predicted molar refractivity (Wildman–Crippen MR) is 123 cm³/mol. The van der Waals surface area contributed by atoms with E-state index in [9.17, 15) is 9.59 Å². The Morgan fingerprint density at radius 1 is 0.839 bits per heavy atom. The number of carbonyl (C=O) groups is 2. The largest absolute Gasteiger partial charge is 0.352 e. The second kappa shape index (κ2) is 9.60. The number of rotatable bonds is 7. The highest BCUT2D eigenvalue weighted by Crippen LogP contribution is 2.17. The van der Waals surface area contributed by atoms with E-state index in [-0.39, 0.29) is 18.2 Å². The first-order valence-corrected chi connectivity index (χ1v) is 10.4. The summed E-state index contributed by atoms with van der Waals surface area (Å²) in [5, 5.41) is 10.1. The van der Waals surface area contributed by atoms with Crippen LogP contribution in [0.3, 0.4) is 0 Å². The van der Waals surface area contributed by atoms with Gasteiger partial charge in [-0.15, -0.1) is 0 Å². The number of nitrogens with zero attached hydrogens (tertiary/aromatic N) is 2. The molecule has 0 aliphatic carbocycles. The number of amides is 2. The summed E-state index contributed by atoms with van der Waals surface area (Å²) in [5.74, 6) is 0.424. The van der Waals surface area contributed by atoms with Gasteiger partial charge in [-0.3, -0.25) is 14.3 Å². The van der Waals surface area contributed by atoms with Crippen LogP contribution >= 0.6 is 0 Å². The topological polar surface area (TPSA) is 76.0 Å². The van der Waals surface area contributed by atoms with Crippen molar-refractivity contribution >= 4 is 17.6 Å². The van der Waals surface area contributed by atoms with Crippen molar-refractivity contribution in [2.45, 2.75) is 47.1 Å². The molecule has 162 valence electrons. The van der Waals surface area contributed by atoms with Crippen LogP contribution in [0.2, 0.25) is 0 Å². The Balaban J connectivity index is 1.62. The van der Waals surface area contributed by atoms with Gasteiger partial charge in [-0.1, -0.05) is 47.5 Å². The second-order valence-electron chi connectivity index (χ2n) is 8.18. The number of aromatic nitrogens is 2. The normalized spacial score (nSPS) is 10.7. The molecule has 31 heavy (non-hydrogen) atoms. The number of aryl methyl sites for hydroxylation is 5. The lowest BCUT2D eigenvalue weighted by Crippen LogP contribution is -2.26. The lowest BCUT2D eigenvalue weighted by molar-refractivity contribution is -0.120. The third kappa shape index (κ3) is 5.81. The monoisotopic (exact) mass is 418 g/mol. The van der Waals surface area contributed by atoms with Gasteiger partial charge in [0.1, 0.15) is 5.82 Å². The van der Waals surface area contributed by atoms with Crippen molar-refractivity contribution < 1.29 is 9.59 Å². The molecule has 0 unspecified atom stereocenters. The van der Waals surface area contributed by atoms with E-state index in [4.69, 9.17) is 0 Å². The zero-order valence-corrected chi connectivity index (χ0v) is 18.9. The van der Waals surface area contributed by atoms with Crippen molar-refractivity contribution in [1.29, 1.82) is 0 Å². The minimum absolute atomic E-state index is 0.0646. The molecule has 2 amide bonds. The van der Waals surface area contributed by atoms with E-state index in [0.29, 0.717) is 18.8 Å². The maximum absolute atomic E-state index is 12.7. The van der Waals surface area contributed by atoms with Gasteiger partial charge in [0.2, 0.25) is 11.8 Å². The van der Waals surface area contributed by atoms with Crippen molar-refractivity contribution in [3.8, 4) is 0 Å². The molecule has 0 aliphatic rings. The molecule has 6 nitrogen and oxygen atoms in total. The highest BCUT2D eigenvalue weighted by molar-refractivity contribution is 5.92. The number of hydrogen-bond acceptors (Lipinski definition) is 3. The summed E-state index contributed by atoms with van der Waals surface area (Å²) < 4.78 is 1.62. The Kier molecular flexibility index (Phi) is 6.90. The first-order valence-electron chi connectivity index (χ1n) is 10.4. The minimum atomic E-state index is -0.111. The number of benzene rings is 2. The molecule has 0 spiro atoms. The van der Waals surface area contributed by atoms with Gasteiger partial charge in [0.05, 0.1) is 19.0 Å². The molecule has 2 aromatic carbocycles. The Morgan fingerprint density at radius 2 is 1.39 bits per heavy atom. The highest BCUT2D eigenvalue weighted by Gasteiger charge is 2.15. The van der Waals surface area contributed by atoms with E-state index >= 15 is 0 Å². The van der Waals surface area contributed by atoms with E-state index in [1.807, 2.05) is 64.1 Å². The molecular weight excluding hydrogens is 388 g/mol. The first-order chi connectivity index (χ1) is 14.7. The maximum Gasteiger partial charge on any atom is 0.229 e.